The van der Waals surface area contributed by atoms with Crippen LogP contribution in [0.25, 0.3) is 5.76 Å². The number of Topliss-reactive ketones (excluding diaryl/α,β-unsaturated/α-hetero) is 1. The predicted octanol–water partition coefficient (Wildman–Crippen LogP) is 5.34. The third-order valence-electron chi connectivity index (χ3n) is 6.38. The number of ketones is 1. The van der Waals surface area contributed by atoms with Crippen LogP contribution in [-0.2, 0) is 20.9 Å². The zero-order chi connectivity index (χ0) is 25.7. The molecule has 6 heteroatoms. The molecule has 1 aliphatic rings. The van der Waals surface area contributed by atoms with Gasteiger partial charge in [0.05, 0.1) is 11.6 Å². The third kappa shape index (κ3) is 5.34. The molecule has 0 radical (unpaired) electrons. The average molecular weight is 486 g/mol. The van der Waals surface area contributed by atoms with E-state index in [2.05, 4.69) is 0 Å². The van der Waals surface area contributed by atoms with Crippen LogP contribution in [0.15, 0.2) is 78.4 Å². The summed E-state index contributed by atoms with van der Waals surface area (Å²) in [5.41, 5.74) is 4.22. The number of aliphatic hydroxyl groups excluding tert-OH is 1. The molecule has 1 fully saturated rings. The maximum atomic E-state index is 13.2. The standard InChI is InChI=1S/C30H31NO5/c1-20-10-11-21(2)25(18-20)28(32)26-27(31(16-7-17-35-3)30(34)29(26)33)23-12-14-24(15-13-23)36-19-22-8-5-4-6-9-22/h4-6,8-15,18,27,32H,7,16-17,19H2,1-3H3. The van der Waals surface area contributed by atoms with Gasteiger partial charge in [0.1, 0.15) is 18.1 Å². The number of nitrogens with zero attached hydrogens (tertiary/aromatic N) is 1. The van der Waals surface area contributed by atoms with Crippen LogP contribution in [0.5, 0.6) is 5.75 Å². The molecule has 1 aliphatic heterocycles. The Kier molecular flexibility index (Phi) is 7.86. The Morgan fingerprint density at radius 2 is 1.69 bits per heavy atom. The highest BCUT2D eigenvalue weighted by Gasteiger charge is 2.45. The third-order valence-corrected chi connectivity index (χ3v) is 6.38. The monoisotopic (exact) mass is 485 g/mol. The van der Waals surface area contributed by atoms with Gasteiger partial charge in [0.2, 0.25) is 0 Å². The molecular weight excluding hydrogens is 454 g/mol. The molecule has 1 atom stereocenters. The molecule has 1 heterocycles. The maximum absolute atomic E-state index is 13.2. The summed E-state index contributed by atoms with van der Waals surface area (Å²) in [4.78, 5) is 27.8. The van der Waals surface area contributed by atoms with Crippen molar-refractivity contribution in [2.45, 2.75) is 32.9 Å². The Labute approximate surface area is 211 Å². The molecule has 1 saturated heterocycles. The number of carbonyl (C=O) groups is 2. The molecule has 1 amide bonds. The Balaban J connectivity index is 1.70. The van der Waals surface area contributed by atoms with Gasteiger partial charge in [0.15, 0.2) is 0 Å². The lowest BCUT2D eigenvalue weighted by Crippen LogP contribution is -2.31. The lowest BCUT2D eigenvalue weighted by Gasteiger charge is -2.25. The number of aryl methyl sites for hydroxylation is 2. The molecule has 1 N–H and O–H groups in total. The van der Waals surface area contributed by atoms with Gasteiger partial charge >= 0.3 is 0 Å². The Bertz CT molecular complexity index is 1260. The quantitative estimate of drug-likeness (QED) is 0.192. The second kappa shape index (κ2) is 11.2. The van der Waals surface area contributed by atoms with E-state index in [1.807, 2.05) is 86.6 Å². The highest BCUT2D eigenvalue weighted by Crippen LogP contribution is 2.40. The van der Waals surface area contributed by atoms with Crippen LogP contribution in [0, 0.1) is 13.8 Å². The van der Waals surface area contributed by atoms with Gasteiger partial charge < -0.3 is 19.5 Å². The van der Waals surface area contributed by atoms with Crippen molar-refractivity contribution >= 4 is 17.4 Å². The number of amides is 1. The van der Waals surface area contributed by atoms with E-state index in [9.17, 15) is 14.7 Å². The van der Waals surface area contributed by atoms with E-state index in [-0.39, 0.29) is 11.3 Å². The number of hydrogen-bond donors (Lipinski definition) is 1. The number of methoxy groups -OCH3 is 1. The van der Waals surface area contributed by atoms with Crippen molar-refractivity contribution in [1.29, 1.82) is 0 Å². The summed E-state index contributed by atoms with van der Waals surface area (Å²) < 4.78 is 11.1. The lowest BCUT2D eigenvalue weighted by molar-refractivity contribution is -0.140. The first-order valence-corrected chi connectivity index (χ1v) is 12.0. The summed E-state index contributed by atoms with van der Waals surface area (Å²) in [5, 5.41) is 11.3. The first kappa shape index (κ1) is 25.2. The normalized spacial score (nSPS) is 17.0. The van der Waals surface area contributed by atoms with Crippen molar-refractivity contribution in [1.82, 2.24) is 4.90 Å². The fourth-order valence-electron chi connectivity index (χ4n) is 4.46. The van der Waals surface area contributed by atoms with E-state index in [1.165, 1.54) is 4.90 Å². The first-order chi connectivity index (χ1) is 17.4. The maximum Gasteiger partial charge on any atom is 0.295 e. The van der Waals surface area contributed by atoms with Crippen LogP contribution in [0.4, 0.5) is 0 Å². The van der Waals surface area contributed by atoms with Crippen LogP contribution >= 0.6 is 0 Å². The van der Waals surface area contributed by atoms with Gasteiger partial charge in [-0.05, 0) is 55.2 Å². The second-order valence-corrected chi connectivity index (χ2v) is 9.00. The predicted molar refractivity (Wildman–Crippen MR) is 139 cm³/mol. The van der Waals surface area contributed by atoms with Gasteiger partial charge in [-0.25, -0.2) is 0 Å². The minimum atomic E-state index is -0.704. The highest BCUT2D eigenvalue weighted by atomic mass is 16.5. The van der Waals surface area contributed by atoms with Gasteiger partial charge in [-0.1, -0.05) is 60.2 Å². The topological polar surface area (TPSA) is 76.1 Å². The van der Waals surface area contributed by atoms with Crippen LogP contribution in [-0.4, -0.2) is 42.0 Å². The van der Waals surface area contributed by atoms with Crippen LogP contribution < -0.4 is 4.74 Å². The number of carbonyl (C=O) groups excluding carboxylic acids is 2. The van der Waals surface area contributed by atoms with Gasteiger partial charge in [0, 0.05) is 25.8 Å². The second-order valence-electron chi connectivity index (χ2n) is 9.00. The largest absolute Gasteiger partial charge is 0.507 e. The zero-order valence-corrected chi connectivity index (χ0v) is 20.9. The summed E-state index contributed by atoms with van der Waals surface area (Å²) in [5.74, 6) is -0.778. The van der Waals surface area contributed by atoms with Crippen molar-refractivity contribution in [3.05, 3.63) is 106 Å². The van der Waals surface area contributed by atoms with Gasteiger partial charge in [-0.15, -0.1) is 0 Å². The van der Waals surface area contributed by atoms with Crippen molar-refractivity contribution in [3.8, 4) is 5.75 Å². The molecule has 36 heavy (non-hydrogen) atoms. The minimum absolute atomic E-state index is 0.101. The number of aliphatic hydroxyl groups is 1. The summed E-state index contributed by atoms with van der Waals surface area (Å²) in [6.45, 7) is 5.02. The Morgan fingerprint density at radius 1 is 0.972 bits per heavy atom. The van der Waals surface area contributed by atoms with E-state index in [4.69, 9.17) is 9.47 Å². The number of ether oxygens (including phenoxy) is 2. The van der Waals surface area contributed by atoms with Crippen molar-refractivity contribution < 1.29 is 24.2 Å². The summed E-state index contributed by atoms with van der Waals surface area (Å²) >= 11 is 0. The van der Waals surface area contributed by atoms with Crippen LogP contribution in [0.2, 0.25) is 0 Å². The molecule has 0 aliphatic carbocycles. The Morgan fingerprint density at radius 3 is 2.39 bits per heavy atom. The fourth-order valence-corrected chi connectivity index (χ4v) is 4.46. The lowest BCUT2D eigenvalue weighted by atomic mass is 9.93. The van der Waals surface area contributed by atoms with E-state index in [0.717, 1.165) is 22.3 Å². The summed E-state index contributed by atoms with van der Waals surface area (Å²) in [7, 11) is 1.60. The molecule has 1 unspecified atom stereocenters. The van der Waals surface area contributed by atoms with Crippen molar-refractivity contribution in [2.75, 3.05) is 20.3 Å². The van der Waals surface area contributed by atoms with Crippen molar-refractivity contribution in [3.63, 3.8) is 0 Å². The number of likely N-dealkylation sites (tertiary alicyclic amines) is 1. The smallest absolute Gasteiger partial charge is 0.295 e. The molecule has 6 nitrogen and oxygen atoms in total. The van der Waals surface area contributed by atoms with Crippen LogP contribution in [0.1, 0.15) is 40.3 Å². The summed E-state index contributed by atoms with van der Waals surface area (Å²) in [6, 6.07) is 22.2. The highest BCUT2D eigenvalue weighted by molar-refractivity contribution is 6.46. The van der Waals surface area contributed by atoms with E-state index in [0.29, 0.717) is 37.5 Å². The number of rotatable bonds is 9. The average Bonchev–Trinajstić information content (AvgIpc) is 3.14. The molecule has 0 bridgehead atoms. The van der Waals surface area contributed by atoms with Crippen molar-refractivity contribution in [2.24, 2.45) is 0 Å². The van der Waals surface area contributed by atoms with Gasteiger partial charge in [0.25, 0.3) is 11.7 Å². The molecule has 0 aromatic heterocycles. The molecule has 0 saturated carbocycles. The van der Waals surface area contributed by atoms with Crippen LogP contribution in [0.3, 0.4) is 0 Å². The summed E-state index contributed by atoms with van der Waals surface area (Å²) in [6.07, 6.45) is 0.571. The fraction of sp³-hybridized carbons (Fsp3) is 0.267. The zero-order valence-electron chi connectivity index (χ0n) is 20.9. The molecule has 4 rings (SSSR count). The SMILES string of the molecule is COCCCN1C(=O)C(=O)C(=C(O)c2cc(C)ccc2C)C1c1ccc(OCc2ccccc2)cc1. The first-order valence-electron chi connectivity index (χ1n) is 12.0. The molecule has 186 valence electrons. The molecular formula is C30H31NO5. The molecule has 3 aromatic rings. The van der Waals surface area contributed by atoms with Gasteiger partial charge in [-0.2, -0.15) is 0 Å². The number of benzene rings is 3. The molecule has 0 spiro atoms. The molecule has 3 aromatic carbocycles. The number of hydrogen-bond acceptors (Lipinski definition) is 5. The van der Waals surface area contributed by atoms with Gasteiger partial charge in [-0.3, -0.25) is 9.59 Å². The minimum Gasteiger partial charge on any atom is -0.507 e. The Hall–Kier alpha value is -3.90. The van der Waals surface area contributed by atoms with E-state index >= 15 is 0 Å². The van der Waals surface area contributed by atoms with E-state index < -0.39 is 17.7 Å². The van der Waals surface area contributed by atoms with E-state index in [1.54, 1.807) is 7.11 Å².